The van der Waals surface area contributed by atoms with Crippen molar-refractivity contribution in [2.24, 2.45) is 0 Å². The van der Waals surface area contributed by atoms with Crippen LogP contribution in [0.2, 0.25) is 0 Å². The number of hydrogen-bond donors (Lipinski definition) is 1. The SMILES string of the molecule is C[C@@H](NC(=O)c1cccs1)c1ccccn1. The van der Waals surface area contributed by atoms with Gasteiger partial charge >= 0.3 is 0 Å². The van der Waals surface area contributed by atoms with E-state index in [1.165, 1.54) is 11.3 Å². The zero-order valence-electron chi connectivity index (χ0n) is 8.88. The van der Waals surface area contributed by atoms with Gasteiger partial charge in [0.15, 0.2) is 0 Å². The maximum absolute atomic E-state index is 11.8. The molecule has 1 amide bonds. The molecule has 0 saturated heterocycles. The Morgan fingerprint density at radius 1 is 1.38 bits per heavy atom. The zero-order valence-corrected chi connectivity index (χ0v) is 9.70. The van der Waals surface area contributed by atoms with Gasteiger partial charge in [0.2, 0.25) is 0 Å². The minimum atomic E-state index is -0.0733. The van der Waals surface area contributed by atoms with Gasteiger partial charge in [0.05, 0.1) is 16.6 Å². The summed E-state index contributed by atoms with van der Waals surface area (Å²) in [4.78, 5) is 16.7. The van der Waals surface area contributed by atoms with Crippen LogP contribution in [0, 0.1) is 0 Å². The number of thiophene rings is 1. The van der Waals surface area contributed by atoms with Gasteiger partial charge in [-0.15, -0.1) is 11.3 Å². The molecule has 0 aliphatic heterocycles. The van der Waals surface area contributed by atoms with Gasteiger partial charge in [0.25, 0.3) is 5.91 Å². The van der Waals surface area contributed by atoms with Crippen LogP contribution in [0.25, 0.3) is 0 Å². The van der Waals surface area contributed by atoms with Crippen molar-refractivity contribution in [3.05, 3.63) is 52.5 Å². The summed E-state index contributed by atoms with van der Waals surface area (Å²) in [5.41, 5.74) is 0.868. The minimum absolute atomic E-state index is 0.0480. The van der Waals surface area contributed by atoms with Crippen LogP contribution in [0.4, 0.5) is 0 Å². The van der Waals surface area contributed by atoms with Gasteiger partial charge in [-0.05, 0) is 30.5 Å². The Labute approximate surface area is 98.2 Å². The Balaban J connectivity index is 2.03. The Morgan fingerprint density at radius 2 is 2.25 bits per heavy atom. The molecule has 0 radical (unpaired) electrons. The molecule has 2 rings (SSSR count). The number of nitrogens with zero attached hydrogens (tertiary/aromatic N) is 1. The largest absolute Gasteiger partial charge is 0.343 e. The fraction of sp³-hybridized carbons (Fsp3) is 0.167. The first-order valence-corrected chi connectivity index (χ1v) is 5.90. The van der Waals surface area contributed by atoms with Crippen LogP contribution in [0.5, 0.6) is 0 Å². The van der Waals surface area contributed by atoms with Crippen molar-refractivity contribution in [1.82, 2.24) is 10.3 Å². The summed E-state index contributed by atoms with van der Waals surface area (Å²) in [5, 5.41) is 4.80. The lowest BCUT2D eigenvalue weighted by atomic mass is 10.2. The highest BCUT2D eigenvalue weighted by molar-refractivity contribution is 7.12. The first-order chi connectivity index (χ1) is 7.77. The number of rotatable bonds is 3. The smallest absolute Gasteiger partial charge is 0.261 e. The second-order valence-electron chi connectivity index (χ2n) is 3.43. The number of nitrogens with one attached hydrogen (secondary N) is 1. The van der Waals surface area contributed by atoms with Crippen molar-refractivity contribution >= 4 is 17.2 Å². The van der Waals surface area contributed by atoms with E-state index in [1.54, 1.807) is 6.20 Å². The molecule has 0 fully saturated rings. The molecule has 2 aromatic rings. The standard InChI is InChI=1S/C12H12N2OS/c1-9(10-5-2-3-7-13-10)14-12(15)11-6-4-8-16-11/h2-9H,1H3,(H,14,15)/t9-/m1/s1. The molecule has 0 aromatic carbocycles. The number of aromatic nitrogens is 1. The molecule has 0 bridgehead atoms. The third-order valence-corrected chi connectivity index (χ3v) is 3.09. The second kappa shape index (κ2) is 4.90. The molecule has 1 atom stereocenters. The topological polar surface area (TPSA) is 42.0 Å². The molecule has 2 heterocycles. The van der Waals surface area contributed by atoms with Crippen molar-refractivity contribution in [2.45, 2.75) is 13.0 Å². The normalized spacial score (nSPS) is 12.1. The van der Waals surface area contributed by atoms with Gasteiger partial charge in [-0.2, -0.15) is 0 Å². The first-order valence-electron chi connectivity index (χ1n) is 5.02. The third kappa shape index (κ3) is 2.46. The molecule has 0 aliphatic carbocycles. The average Bonchev–Trinajstić information content (AvgIpc) is 2.83. The molecular weight excluding hydrogens is 220 g/mol. The van der Waals surface area contributed by atoms with E-state index in [0.717, 1.165) is 10.6 Å². The Bertz CT molecular complexity index is 453. The molecule has 3 nitrogen and oxygen atoms in total. The van der Waals surface area contributed by atoms with Crippen molar-refractivity contribution in [3.8, 4) is 0 Å². The van der Waals surface area contributed by atoms with E-state index in [4.69, 9.17) is 0 Å². The average molecular weight is 232 g/mol. The van der Waals surface area contributed by atoms with Crippen molar-refractivity contribution in [1.29, 1.82) is 0 Å². The highest BCUT2D eigenvalue weighted by Gasteiger charge is 2.12. The summed E-state index contributed by atoms with van der Waals surface area (Å²) in [6.45, 7) is 1.92. The van der Waals surface area contributed by atoms with Crippen LogP contribution in [-0.4, -0.2) is 10.9 Å². The van der Waals surface area contributed by atoms with E-state index in [1.807, 2.05) is 42.6 Å². The van der Waals surface area contributed by atoms with Gasteiger partial charge in [0, 0.05) is 6.20 Å². The van der Waals surface area contributed by atoms with Crippen molar-refractivity contribution < 1.29 is 4.79 Å². The van der Waals surface area contributed by atoms with Crippen molar-refractivity contribution in [3.63, 3.8) is 0 Å². The lowest BCUT2D eigenvalue weighted by Crippen LogP contribution is -2.26. The molecule has 1 N–H and O–H groups in total. The monoisotopic (exact) mass is 232 g/mol. The Kier molecular flexibility index (Phi) is 3.31. The predicted octanol–water partition coefficient (Wildman–Crippen LogP) is 2.63. The lowest BCUT2D eigenvalue weighted by Gasteiger charge is -2.12. The molecular formula is C12H12N2OS. The van der Waals surface area contributed by atoms with E-state index in [0.29, 0.717) is 0 Å². The quantitative estimate of drug-likeness (QED) is 0.884. The molecule has 2 aromatic heterocycles. The van der Waals surface area contributed by atoms with Crippen LogP contribution < -0.4 is 5.32 Å². The number of amides is 1. The van der Waals surface area contributed by atoms with Gasteiger partial charge in [-0.1, -0.05) is 12.1 Å². The Hall–Kier alpha value is -1.68. The minimum Gasteiger partial charge on any atom is -0.343 e. The van der Waals surface area contributed by atoms with Crippen LogP contribution in [0.15, 0.2) is 41.9 Å². The summed E-state index contributed by atoms with van der Waals surface area (Å²) in [5.74, 6) is -0.0480. The van der Waals surface area contributed by atoms with E-state index < -0.39 is 0 Å². The summed E-state index contributed by atoms with van der Waals surface area (Å²) in [6.07, 6.45) is 1.73. The van der Waals surface area contributed by atoms with Crippen molar-refractivity contribution in [2.75, 3.05) is 0 Å². The van der Waals surface area contributed by atoms with Gasteiger partial charge in [0.1, 0.15) is 0 Å². The number of pyridine rings is 1. The molecule has 0 spiro atoms. The molecule has 16 heavy (non-hydrogen) atoms. The van der Waals surface area contributed by atoms with Crippen LogP contribution in [0.3, 0.4) is 0 Å². The highest BCUT2D eigenvalue weighted by atomic mass is 32.1. The van der Waals surface area contributed by atoms with Crippen LogP contribution in [-0.2, 0) is 0 Å². The van der Waals surface area contributed by atoms with E-state index in [2.05, 4.69) is 10.3 Å². The van der Waals surface area contributed by atoms with Gasteiger partial charge in [-0.3, -0.25) is 9.78 Å². The summed E-state index contributed by atoms with van der Waals surface area (Å²) in [7, 11) is 0. The number of hydrogen-bond acceptors (Lipinski definition) is 3. The van der Waals surface area contributed by atoms with Crippen LogP contribution in [0.1, 0.15) is 28.3 Å². The molecule has 0 aliphatic rings. The fourth-order valence-corrected chi connectivity index (χ4v) is 2.01. The van der Waals surface area contributed by atoms with E-state index >= 15 is 0 Å². The molecule has 0 saturated carbocycles. The second-order valence-corrected chi connectivity index (χ2v) is 4.37. The molecule has 4 heteroatoms. The van der Waals surface area contributed by atoms with Crippen LogP contribution >= 0.6 is 11.3 Å². The van der Waals surface area contributed by atoms with E-state index in [-0.39, 0.29) is 11.9 Å². The lowest BCUT2D eigenvalue weighted by molar-refractivity contribution is 0.0943. The maximum atomic E-state index is 11.8. The molecule has 82 valence electrons. The number of carbonyl (C=O) groups is 1. The predicted molar refractivity (Wildman–Crippen MR) is 64.4 cm³/mol. The maximum Gasteiger partial charge on any atom is 0.261 e. The fourth-order valence-electron chi connectivity index (χ4n) is 1.38. The first kappa shape index (κ1) is 10.8. The molecule has 0 unspecified atom stereocenters. The van der Waals surface area contributed by atoms with Gasteiger partial charge < -0.3 is 5.32 Å². The summed E-state index contributed by atoms with van der Waals surface area (Å²) in [6, 6.07) is 9.28. The Morgan fingerprint density at radius 3 is 2.88 bits per heavy atom. The summed E-state index contributed by atoms with van der Waals surface area (Å²) < 4.78 is 0. The number of carbonyl (C=O) groups excluding carboxylic acids is 1. The highest BCUT2D eigenvalue weighted by Crippen LogP contribution is 2.12. The zero-order chi connectivity index (χ0) is 11.4. The van der Waals surface area contributed by atoms with Gasteiger partial charge in [-0.25, -0.2) is 0 Å². The summed E-state index contributed by atoms with van der Waals surface area (Å²) >= 11 is 1.44. The van der Waals surface area contributed by atoms with E-state index in [9.17, 15) is 4.79 Å². The third-order valence-electron chi connectivity index (χ3n) is 2.22.